The summed E-state index contributed by atoms with van der Waals surface area (Å²) < 4.78 is 30.6. The average Bonchev–Trinajstić information content (AvgIpc) is 3.39. The molecule has 3 aromatic carbocycles. The zero-order chi connectivity index (χ0) is 32.8. The second-order valence-corrected chi connectivity index (χ2v) is 12.8. The van der Waals surface area contributed by atoms with Crippen LogP contribution in [0.2, 0.25) is 0 Å². The molecule has 2 aromatic heterocycles. The molecule has 0 aliphatic heterocycles. The van der Waals surface area contributed by atoms with E-state index < -0.39 is 34.5 Å². The van der Waals surface area contributed by atoms with Crippen LogP contribution in [-0.4, -0.2) is 59.3 Å². The lowest BCUT2D eigenvalue weighted by molar-refractivity contribution is -0.138. The first kappa shape index (κ1) is 32.3. The summed E-state index contributed by atoms with van der Waals surface area (Å²) in [5, 5.41) is 21.3. The molecule has 5 rings (SSSR count). The number of fused-ring (bicyclic) bond motifs is 1. The first-order valence-electron chi connectivity index (χ1n) is 14.9. The third-order valence-electron chi connectivity index (χ3n) is 7.51. The molecule has 1 amide bonds. The second-order valence-electron chi connectivity index (χ2n) is 11.1. The summed E-state index contributed by atoms with van der Waals surface area (Å²) in [6.07, 6.45) is 2.51. The normalized spacial score (nSPS) is 12.2. The summed E-state index contributed by atoms with van der Waals surface area (Å²) in [5.74, 6) is -1.15. The van der Waals surface area contributed by atoms with Gasteiger partial charge in [-0.3, -0.25) is 14.3 Å². The van der Waals surface area contributed by atoms with Gasteiger partial charge in [-0.15, -0.1) is 0 Å². The molecule has 0 spiro atoms. The Balaban J connectivity index is 1.33. The van der Waals surface area contributed by atoms with Crippen LogP contribution >= 0.6 is 0 Å². The Morgan fingerprint density at radius 3 is 2.33 bits per heavy atom. The van der Waals surface area contributed by atoms with Gasteiger partial charge in [-0.25, -0.2) is 13.4 Å². The molecule has 0 radical (unpaired) electrons. The molecule has 0 aliphatic carbocycles. The number of carboxylic acid groups (broad SMARTS) is 1. The largest absolute Gasteiger partial charge is 0.480 e. The minimum absolute atomic E-state index is 0.0269. The summed E-state index contributed by atoms with van der Waals surface area (Å²) in [6, 6.07) is 22.4. The molecule has 5 aromatic rings. The number of benzene rings is 3. The van der Waals surface area contributed by atoms with Crippen molar-refractivity contribution in [3.05, 3.63) is 107 Å². The Bertz CT molecular complexity index is 1950. The van der Waals surface area contributed by atoms with Gasteiger partial charge in [-0.1, -0.05) is 54.1 Å². The number of aliphatic carboxylic acids is 1. The van der Waals surface area contributed by atoms with Crippen LogP contribution < -0.4 is 15.4 Å². The number of anilines is 1. The van der Waals surface area contributed by atoms with Crippen molar-refractivity contribution in [2.24, 2.45) is 0 Å². The fourth-order valence-electron chi connectivity index (χ4n) is 5.53. The van der Waals surface area contributed by atoms with Crippen molar-refractivity contribution >= 4 is 38.6 Å². The van der Waals surface area contributed by atoms with Crippen LogP contribution in [0.5, 0.6) is 0 Å². The number of hydrogen-bond acceptors (Lipinski definition) is 7. The number of aryl methyl sites for hydroxylation is 4. The lowest BCUT2D eigenvalue weighted by Crippen LogP contribution is -2.48. The predicted molar refractivity (Wildman–Crippen MR) is 177 cm³/mol. The van der Waals surface area contributed by atoms with Gasteiger partial charge in [0.15, 0.2) is 0 Å². The predicted octanol–water partition coefficient (Wildman–Crippen LogP) is 4.69. The Hall–Kier alpha value is -5.07. The van der Waals surface area contributed by atoms with Crippen molar-refractivity contribution in [2.75, 3.05) is 18.4 Å². The number of rotatable bonds is 13. The third-order valence-corrected chi connectivity index (χ3v) is 9.29. The van der Waals surface area contributed by atoms with E-state index in [1.807, 2.05) is 66.2 Å². The number of pyridine rings is 1. The molecular weight excluding hydrogens is 604 g/mol. The van der Waals surface area contributed by atoms with Gasteiger partial charge >= 0.3 is 5.97 Å². The number of amides is 1. The monoisotopic (exact) mass is 640 g/mol. The minimum atomic E-state index is -4.18. The van der Waals surface area contributed by atoms with E-state index in [-0.39, 0.29) is 4.90 Å². The fourth-order valence-corrected chi connectivity index (χ4v) is 7.17. The average molecular weight is 641 g/mol. The van der Waals surface area contributed by atoms with Gasteiger partial charge in [0.25, 0.3) is 5.91 Å². The fraction of sp³-hybridized carbons (Fsp3) is 0.235. The lowest BCUT2D eigenvalue weighted by Gasteiger charge is -2.18. The van der Waals surface area contributed by atoms with Crippen LogP contribution in [0.15, 0.2) is 90.0 Å². The number of carboxylic acids is 1. The highest BCUT2D eigenvalue weighted by atomic mass is 32.2. The number of sulfonamides is 1. The van der Waals surface area contributed by atoms with Crippen LogP contribution in [0.25, 0.3) is 22.2 Å². The van der Waals surface area contributed by atoms with Crippen molar-refractivity contribution in [3.8, 4) is 11.3 Å². The molecule has 238 valence electrons. The third kappa shape index (κ3) is 7.41. The van der Waals surface area contributed by atoms with Gasteiger partial charge in [-0.05, 0) is 68.7 Å². The smallest absolute Gasteiger partial charge is 0.323 e. The van der Waals surface area contributed by atoms with E-state index in [0.29, 0.717) is 35.5 Å². The summed E-state index contributed by atoms with van der Waals surface area (Å²) in [5.41, 5.74) is 4.63. The molecule has 0 saturated heterocycles. The lowest BCUT2D eigenvalue weighted by atomic mass is 10.1. The Kier molecular flexibility index (Phi) is 9.78. The number of carbonyl (C=O) groups is 2. The molecule has 0 saturated carbocycles. The quantitative estimate of drug-likeness (QED) is 0.135. The van der Waals surface area contributed by atoms with E-state index in [2.05, 4.69) is 20.3 Å². The first-order chi connectivity index (χ1) is 22.0. The van der Waals surface area contributed by atoms with Gasteiger partial charge in [0.2, 0.25) is 10.0 Å². The Morgan fingerprint density at radius 2 is 1.65 bits per heavy atom. The molecule has 46 heavy (non-hydrogen) atoms. The maximum absolute atomic E-state index is 13.3. The van der Waals surface area contributed by atoms with E-state index in [4.69, 9.17) is 5.10 Å². The number of carbonyl (C=O) groups excluding carboxylic acids is 1. The van der Waals surface area contributed by atoms with Crippen molar-refractivity contribution < 1.29 is 23.1 Å². The van der Waals surface area contributed by atoms with Crippen molar-refractivity contribution in [1.82, 2.24) is 24.8 Å². The van der Waals surface area contributed by atoms with E-state index in [9.17, 15) is 23.1 Å². The van der Waals surface area contributed by atoms with Crippen LogP contribution in [0, 0.1) is 20.8 Å². The van der Waals surface area contributed by atoms with Gasteiger partial charge in [0.1, 0.15) is 17.6 Å². The Morgan fingerprint density at radius 1 is 0.935 bits per heavy atom. The zero-order valence-corrected chi connectivity index (χ0v) is 26.6. The first-order valence-corrected chi connectivity index (χ1v) is 16.3. The molecule has 4 N–H and O–H groups in total. The van der Waals surface area contributed by atoms with Crippen LogP contribution in [0.4, 0.5) is 5.82 Å². The van der Waals surface area contributed by atoms with E-state index in [1.54, 1.807) is 44.3 Å². The van der Waals surface area contributed by atoms with Gasteiger partial charge in [-0.2, -0.15) is 9.82 Å². The van der Waals surface area contributed by atoms with Crippen molar-refractivity contribution in [1.29, 1.82) is 0 Å². The van der Waals surface area contributed by atoms with Gasteiger partial charge in [0.05, 0.1) is 10.4 Å². The molecular formula is C34H36N6O5S. The molecule has 2 heterocycles. The van der Waals surface area contributed by atoms with E-state index in [1.165, 1.54) is 0 Å². The summed E-state index contributed by atoms with van der Waals surface area (Å²) >= 11 is 0. The minimum Gasteiger partial charge on any atom is -0.480 e. The van der Waals surface area contributed by atoms with E-state index >= 15 is 0 Å². The standard InChI is InChI=1S/C34H36N6O5S/c1-22-18-23(2)32(24(3)19-22)46(44,45)39-28(34(42)43)21-37-33(41)26-13-14-29-27(20-26)31(25-10-5-4-6-11-25)38-40(29)17-9-16-36-30-12-7-8-15-35-30/h4-8,10-15,18-20,28,39H,9,16-17,21H2,1-3H3,(H,35,36)(H,37,41)(H,42,43)/t28-/m0/s1. The highest BCUT2D eigenvalue weighted by molar-refractivity contribution is 7.89. The summed E-state index contributed by atoms with van der Waals surface area (Å²) in [7, 11) is -4.18. The molecule has 0 fully saturated rings. The van der Waals surface area contributed by atoms with Crippen LogP contribution in [0.3, 0.4) is 0 Å². The topological polar surface area (TPSA) is 155 Å². The maximum atomic E-state index is 13.3. The summed E-state index contributed by atoms with van der Waals surface area (Å²) in [4.78, 5) is 29.6. The highest BCUT2D eigenvalue weighted by Crippen LogP contribution is 2.29. The van der Waals surface area contributed by atoms with Crippen LogP contribution in [0.1, 0.15) is 33.5 Å². The number of hydrogen-bond donors (Lipinski definition) is 4. The van der Waals surface area contributed by atoms with Gasteiger partial charge < -0.3 is 15.7 Å². The van der Waals surface area contributed by atoms with Crippen molar-refractivity contribution in [3.63, 3.8) is 0 Å². The highest BCUT2D eigenvalue weighted by Gasteiger charge is 2.28. The molecule has 1 atom stereocenters. The number of aromatic nitrogens is 3. The maximum Gasteiger partial charge on any atom is 0.323 e. The Labute approximate surface area is 267 Å². The molecule has 0 unspecified atom stereocenters. The zero-order valence-electron chi connectivity index (χ0n) is 25.8. The molecule has 12 heteroatoms. The molecule has 0 aliphatic rings. The second kappa shape index (κ2) is 13.9. The number of nitrogens with one attached hydrogen (secondary N) is 3. The number of nitrogens with zero attached hydrogens (tertiary/aromatic N) is 3. The van der Waals surface area contributed by atoms with Crippen LogP contribution in [-0.2, 0) is 21.4 Å². The molecule has 11 nitrogen and oxygen atoms in total. The van der Waals surface area contributed by atoms with Crippen molar-refractivity contribution in [2.45, 2.75) is 44.7 Å². The summed E-state index contributed by atoms with van der Waals surface area (Å²) in [6.45, 7) is 6.03. The van der Waals surface area contributed by atoms with Gasteiger partial charge in [0, 0.05) is 42.3 Å². The molecule has 0 bridgehead atoms. The SMILES string of the molecule is Cc1cc(C)c(S(=O)(=O)N[C@@H](CNC(=O)c2ccc3c(c2)c(-c2ccccc2)nn3CCCNc2ccccn2)C(=O)O)c(C)c1. The van der Waals surface area contributed by atoms with E-state index in [0.717, 1.165) is 34.3 Å².